The summed E-state index contributed by atoms with van der Waals surface area (Å²) < 4.78 is 5.72. The van der Waals surface area contributed by atoms with Gasteiger partial charge in [0.15, 0.2) is 5.58 Å². The second-order valence-corrected chi connectivity index (χ2v) is 5.75. The van der Waals surface area contributed by atoms with Crippen molar-refractivity contribution in [2.24, 2.45) is 0 Å². The Morgan fingerprint density at radius 2 is 1.86 bits per heavy atom. The highest BCUT2D eigenvalue weighted by Gasteiger charge is 2.11. The fourth-order valence-corrected chi connectivity index (χ4v) is 2.62. The third-order valence-electron chi connectivity index (χ3n) is 3.22. The van der Waals surface area contributed by atoms with Crippen molar-refractivity contribution in [1.29, 1.82) is 0 Å². The minimum absolute atomic E-state index is 0.574. The van der Waals surface area contributed by atoms with E-state index in [0.717, 1.165) is 16.7 Å². The van der Waals surface area contributed by atoms with Crippen LogP contribution in [0.4, 0.5) is 0 Å². The molecule has 0 aliphatic heterocycles. The number of aromatic nitrogens is 1. The fourth-order valence-electron chi connectivity index (χ4n) is 2.24. The molecule has 21 heavy (non-hydrogen) atoms. The van der Waals surface area contributed by atoms with Crippen molar-refractivity contribution in [1.82, 2.24) is 9.88 Å². The Bertz CT molecular complexity index is 737. The molecule has 0 saturated carbocycles. The highest BCUT2D eigenvalue weighted by atomic mass is 35.5. The molecule has 0 fully saturated rings. The average Bonchev–Trinajstić information content (AvgIpc) is 2.86. The first-order valence-electron chi connectivity index (χ1n) is 6.59. The number of para-hydroxylation sites is 2. The van der Waals surface area contributed by atoms with Crippen molar-refractivity contribution >= 4 is 34.3 Å². The molecule has 3 nitrogen and oxygen atoms in total. The van der Waals surface area contributed by atoms with Crippen molar-refractivity contribution in [2.45, 2.75) is 13.1 Å². The third kappa shape index (κ3) is 3.21. The quantitative estimate of drug-likeness (QED) is 0.693. The largest absolute Gasteiger partial charge is 0.439 e. The molecule has 108 valence electrons. The summed E-state index contributed by atoms with van der Waals surface area (Å²) in [6, 6.07) is 13.4. The smallest absolute Gasteiger partial charge is 0.209 e. The number of fused-ring (bicyclic) bond motifs is 1. The zero-order chi connectivity index (χ0) is 14.8. The van der Waals surface area contributed by atoms with Crippen molar-refractivity contribution in [3.63, 3.8) is 0 Å². The number of hydrogen-bond acceptors (Lipinski definition) is 3. The summed E-state index contributed by atoms with van der Waals surface area (Å²) in [5, 5.41) is 1.17. The summed E-state index contributed by atoms with van der Waals surface area (Å²) in [5.74, 6) is 0.692. The van der Waals surface area contributed by atoms with Gasteiger partial charge < -0.3 is 4.42 Å². The monoisotopic (exact) mass is 320 g/mol. The zero-order valence-electron chi connectivity index (χ0n) is 11.5. The zero-order valence-corrected chi connectivity index (χ0v) is 13.0. The van der Waals surface area contributed by atoms with Gasteiger partial charge >= 0.3 is 0 Å². The second kappa shape index (κ2) is 6.06. The summed E-state index contributed by atoms with van der Waals surface area (Å²) >= 11 is 12.2. The maximum atomic E-state index is 6.21. The molecule has 3 rings (SSSR count). The van der Waals surface area contributed by atoms with Gasteiger partial charge in [0, 0.05) is 6.54 Å². The van der Waals surface area contributed by atoms with Crippen LogP contribution in [0.2, 0.25) is 10.0 Å². The van der Waals surface area contributed by atoms with Crippen molar-refractivity contribution in [2.75, 3.05) is 7.05 Å². The fraction of sp³-hybridized carbons (Fsp3) is 0.188. The highest BCUT2D eigenvalue weighted by molar-refractivity contribution is 6.42. The van der Waals surface area contributed by atoms with E-state index in [-0.39, 0.29) is 0 Å². The standard InChI is InChI=1S/C16H14Cl2N2O/c1-20(9-11-5-4-6-12(17)16(11)18)10-15-19-13-7-2-3-8-14(13)21-15/h2-8H,9-10H2,1H3. The molecular formula is C16H14Cl2N2O. The summed E-state index contributed by atoms with van der Waals surface area (Å²) in [7, 11) is 1.99. The molecule has 1 aromatic heterocycles. The van der Waals surface area contributed by atoms with Crippen LogP contribution in [0.3, 0.4) is 0 Å². The van der Waals surface area contributed by atoms with Crippen LogP contribution >= 0.6 is 23.2 Å². The molecule has 2 aromatic carbocycles. The van der Waals surface area contributed by atoms with Crippen LogP contribution < -0.4 is 0 Å². The first-order chi connectivity index (χ1) is 10.1. The first-order valence-corrected chi connectivity index (χ1v) is 7.35. The Balaban J connectivity index is 1.74. The van der Waals surface area contributed by atoms with E-state index >= 15 is 0 Å². The second-order valence-electron chi connectivity index (χ2n) is 4.96. The predicted molar refractivity (Wildman–Crippen MR) is 85.6 cm³/mol. The molecule has 0 amide bonds. The molecule has 0 bridgehead atoms. The number of benzene rings is 2. The average molecular weight is 321 g/mol. The van der Waals surface area contributed by atoms with Crippen LogP contribution in [0.1, 0.15) is 11.5 Å². The van der Waals surface area contributed by atoms with Crippen LogP contribution in [0.5, 0.6) is 0 Å². The van der Waals surface area contributed by atoms with Crippen LogP contribution in [-0.4, -0.2) is 16.9 Å². The van der Waals surface area contributed by atoms with Gasteiger partial charge in [0.25, 0.3) is 0 Å². The summed E-state index contributed by atoms with van der Waals surface area (Å²) in [6.45, 7) is 1.29. The summed E-state index contributed by atoms with van der Waals surface area (Å²) in [4.78, 5) is 6.55. The maximum Gasteiger partial charge on any atom is 0.209 e. The first kappa shape index (κ1) is 14.4. The molecule has 0 aliphatic rings. The van der Waals surface area contributed by atoms with Crippen molar-refractivity contribution in [3.8, 4) is 0 Å². The van der Waals surface area contributed by atoms with Crippen LogP contribution in [0.25, 0.3) is 11.1 Å². The molecule has 1 heterocycles. The van der Waals surface area contributed by atoms with Gasteiger partial charge in [-0.2, -0.15) is 0 Å². The van der Waals surface area contributed by atoms with Gasteiger partial charge in [-0.05, 0) is 30.8 Å². The Hall–Kier alpha value is -1.55. The van der Waals surface area contributed by atoms with Gasteiger partial charge in [-0.3, -0.25) is 4.90 Å². The number of rotatable bonds is 4. The Labute approximate surface area is 133 Å². The molecule has 0 saturated heterocycles. The van der Waals surface area contributed by atoms with Gasteiger partial charge in [0.05, 0.1) is 16.6 Å². The van der Waals surface area contributed by atoms with Crippen LogP contribution in [-0.2, 0) is 13.1 Å². The maximum absolute atomic E-state index is 6.21. The number of nitrogens with zero attached hydrogens (tertiary/aromatic N) is 2. The lowest BCUT2D eigenvalue weighted by molar-refractivity contribution is 0.285. The SMILES string of the molecule is CN(Cc1nc2ccccc2o1)Cc1cccc(Cl)c1Cl. The molecule has 0 spiro atoms. The number of oxazole rings is 1. The number of halogens is 2. The predicted octanol–water partition coefficient (Wildman–Crippen LogP) is 4.77. The van der Waals surface area contributed by atoms with E-state index in [1.807, 2.05) is 43.4 Å². The molecule has 0 N–H and O–H groups in total. The van der Waals surface area contributed by atoms with Crippen LogP contribution in [0, 0.1) is 0 Å². The minimum atomic E-state index is 0.574. The Morgan fingerprint density at radius 3 is 2.67 bits per heavy atom. The molecule has 0 radical (unpaired) electrons. The lowest BCUT2D eigenvalue weighted by Crippen LogP contribution is -2.17. The highest BCUT2D eigenvalue weighted by Crippen LogP contribution is 2.26. The molecule has 0 aliphatic carbocycles. The van der Waals surface area contributed by atoms with Crippen molar-refractivity contribution < 1.29 is 4.42 Å². The minimum Gasteiger partial charge on any atom is -0.439 e. The molecule has 3 aromatic rings. The van der Waals surface area contributed by atoms with Gasteiger partial charge in [0.1, 0.15) is 5.52 Å². The van der Waals surface area contributed by atoms with Gasteiger partial charge in [-0.25, -0.2) is 4.98 Å². The van der Waals surface area contributed by atoms with Gasteiger partial charge in [-0.15, -0.1) is 0 Å². The van der Waals surface area contributed by atoms with Gasteiger partial charge in [0.2, 0.25) is 5.89 Å². The van der Waals surface area contributed by atoms with E-state index in [9.17, 15) is 0 Å². The summed E-state index contributed by atoms with van der Waals surface area (Å²) in [6.07, 6.45) is 0. The van der Waals surface area contributed by atoms with Crippen molar-refractivity contribution in [3.05, 3.63) is 64.0 Å². The topological polar surface area (TPSA) is 29.3 Å². The lowest BCUT2D eigenvalue weighted by Gasteiger charge is -2.15. The molecule has 0 atom stereocenters. The van der Waals surface area contributed by atoms with E-state index in [1.54, 1.807) is 6.07 Å². The van der Waals surface area contributed by atoms with Gasteiger partial charge in [-0.1, -0.05) is 47.5 Å². The van der Waals surface area contributed by atoms with E-state index in [1.165, 1.54) is 0 Å². The molecule has 0 unspecified atom stereocenters. The third-order valence-corrected chi connectivity index (χ3v) is 4.07. The summed E-state index contributed by atoms with van der Waals surface area (Å²) in [5.41, 5.74) is 2.67. The number of hydrogen-bond donors (Lipinski definition) is 0. The van der Waals surface area contributed by atoms with E-state index < -0.39 is 0 Å². The molecule has 5 heteroatoms. The van der Waals surface area contributed by atoms with E-state index in [0.29, 0.717) is 29.0 Å². The normalized spacial score (nSPS) is 11.4. The lowest BCUT2D eigenvalue weighted by atomic mass is 10.2. The Morgan fingerprint density at radius 1 is 1.05 bits per heavy atom. The van der Waals surface area contributed by atoms with E-state index in [4.69, 9.17) is 27.6 Å². The Kier molecular flexibility index (Phi) is 4.15. The van der Waals surface area contributed by atoms with Crippen LogP contribution in [0.15, 0.2) is 46.9 Å². The van der Waals surface area contributed by atoms with E-state index in [2.05, 4.69) is 9.88 Å². The molecular weight excluding hydrogens is 307 g/mol.